The summed E-state index contributed by atoms with van der Waals surface area (Å²) in [5, 5.41) is 6.19. The minimum atomic E-state index is -0.247. The molecule has 0 radical (unpaired) electrons. The molecule has 0 fully saturated rings. The third kappa shape index (κ3) is 2.24. The second-order valence-electron chi connectivity index (χ2n) is 2.85. The summed E-state index contributed by atoms with van der Waals surface area (Å²) in [6.07, 6.45) is 2.67. The molecule has 5 heteroatoms. The van der Waals surface area contributed by atoms with E-state index in [0.717, 1.165) is 4.47 Å². The highest BCUT2D eigenvalue weighted by molar-refractivity contribution is 9.10. The number of benzene rings is 1. The Morgan fingerprint density at radius 2 is 2.20 bits per heavy atom. The predicted octanol–water partition coefficient (Wildman–Crippen LogP) is 2.69. The van der Waals surface area contributed by atoms with Crippen LogP contribution >= 0.6 is 15.9 Å². The number of carbonyl (C=O) groups is 1. The van der Waals surface area contributed by atoms with E-state index >= 15 is 0 Å². The van der Waals surface area contributed by atoms with Gasteiger partial charge in [-0.3, -0.25) is 4.79 Å². The lowest BCUT2D eigenvalue weighted by Crippen LogP contribution is -2.11. The van der Waals surface area contributed by atoms with Gasteiger partial charge in [-0.25, -0.2) is 0 Å². The van der Waals surface area contributed by atoms with Crippen molar-refractivity contribution in [2.45, 2.75) is 0 Å². The van der Waals surface area contributed by atoms with E-state index in [1.165, 1.54) is 12.5 Å². The lowest BCUT2D eigenvalue weighted by Gasteiger charge is -2.04. The molecule has 0 bridgehead atoms. The topological polar surface area (TPSA) is 55.1 Å². The highest BCUT2D eigenvalue weighted by Crippen LogP contribution is 2.21. The van der Waals surface area contributed by atoms with Gasteiger partial charge in [0.05, 0.1) is 17.4 Å². The Kier molecular flexibility index (Phi) is 2.82. The van der Waals surface area contributed by atoms with E-state index in [2.05, 4.69) is 30.9 Å². The molecule has 0 aliphatic rings. The summed E-state index contributed by atoms with van der Waals surface area (Å²) in [7, 11) is 0. The number of hydrogen-bond acceptors (Lipinski definition) is 3. The fourth-order valence-corrected chi connectivity index (χ4v) is 1.46. The molecule has 0 aliphatic heterocycles. The molecule has 0 saturated carbocycles. The number of nitrogens with zero attached hydrogens (tertiary/aromatic N) is 1. The zero-order valence-electron chi connectivity index (χ0n) is 7.61. The summed E-state index contributed by atoms with van der Waals surface area (Å²) >= 11 is 3.33. The van der Waals surface area contributed by atoms with Gasteiger partial charge in [-0.15, -0.1) is 0 Å². The zero-order valence-corrected chi connectivity index (χ0v) is 9.19. The second-order valence-corrected chi connectivity index (χ2v) is 3.70. The summed E-state index contributed by atoms with van der Waals surface area (Å²) in [6.45, 7) is 0. The highest BCUT2D eigenvalue weighted by atomic mass is 79.9. The molecule has 0 aliphatic carbocycles. The molecule has 0 spiro atoms. The first-order valence-electron chi connectivity index (χ1n) is 4.22. The van der Waals surface area contributed by atoms with Crippen molar-refractivity contribution in [3.8, 4) is 0 Å². The predicted molar refractivity (Wildman–Crippen MR) is 58.6 cm³/mol. The van der Waals surface area contributed by atoms with Gasteiger partial charge in [-0.2, -0.15) is 0 Å². The maximum atomic E-state index is 11.6. The first-order valence-corrected chi connectivity index (χ1v) is 5.02. The van der Waals surface area contributed by atoms with Gasteiger partial charge in [0.1, 0.15) is 6.26 Å². The van der Waals surface area contributed by atoms with E-state index < -0.39 is 0 Å². The maximum Gasteiger partial charge on any atom is 0.260 e. The fraction of sp³-hybridized carbons (Fsp3) is 0. The molecule has 1 amide bonds. The third-order valence-electron chi connectivity index (χ3n) is 1.82. The SMILES string of the molecule is O=C(Nc1ccccc1Br)c1cnoc1. The lowest BCUT2D eigenvalue weighted by atomic mass is 10.3. The van der Waals surface area contributed by atoms with Gasteiger partial charge in [0, 0.05) is 4.47 Å². The van der Waals surface area contributed by atoms with Crippen LogP contribution in [-0.4, -0.2) is 11.1 Å². The number of carbonyl (C=O) groups excluding carboxylic acids is 1. The molecule has 15 heavy (non-hydrogen) atoms. The molecular formula is C10H7BrN2O2. The minimum absolute atomic E-state index is 0.247. The number of nitrogens with one attached hydrogen (secondary N) is 1. The molecule has 1 aromatic heterocycles. The van der Waals surface area contributed by atoms with Crippen molar-refractivity contribution in [1.82, 2.24) is 5.16 Å². The number of aromatic nitrogens is 1. The number of hydrogen-bond donors (Lipinski definition) is 1. The van der Waals surface area contributed by atoms with Gasteiger partial charge in [-0.1, -0.05) is 17.3 Å². The molecule has 1 aromatic carbocycles. The van der Waals surface area contributed by atoms with Crippen molar-refractivity contribution in [3.05, 3.63) is 46.8 Å². The third-order valence-corrected chi connectivity index (χ3v) is 2.51. The molecule has 1 heterocycles. The van der Waals surface area contributed by atoms with E-state index in [1.54, 1.807) is 6.07 Å². The summed E-state index contributed by atoms with van der Waals surface area (Å²) < 4.78 is 5.41. The van der Waals surface area contributed by atoms with Crippen LogP contribution in [0.4, 0.5) is 5.69 Å². The Hall–Kier alpha value is -1.62. The van der Waals surface area contributed by atoms with Gasteiger partial charge >= 0.3 is 0 Å². The van der Waals surface area contributed by atoms with Crippen molar-refractivity contribution in [2.75, 3.05) is 5.32 Å². The quantitative estimate of drug-likeness (QED) is 0.910. The highest BCUT2D eigenvalue weighted by Gasteiger charge is 2.09. The average molecular weight is 267 g/mol. The monoisotopic (exact) mass is 266 g/mol. The zero-order chi connectivity index (χ0) is 10.7. The number of para-hydroxylation sites is 1. The molecule has 4 nitrogen and oxygen atoms in total. The molecule has 0 saturated heterocycles. The molecular weight excluding hydrogens is 260 g/mol. The lowest BCUT2D eigenvalue weighted by molar-refractivity contribution is 0.102. The molecule has 76 valence electrons. The summed E-state index contributed by atoms with van der Waals surface area (Å²) in [4.78, 5) is 11.6. The normalized spacial score (nSPS) is 9.93. The van der Waals surface area contributed by atoms with E-state index in [4.69, 9.17) is 0 Å². The van der Waals surface area contributed by atoms with Crippen molar-refractivity contribution < 1.29 is 9.32 Å². The average Bonchev–Trinajstić information content (AvgIpc) is 2.74. The van der Waals surface area contributed by atoms with Crippen LogP contribution in [0.5, 0.6) is 0 Å². The minimum Gasteiger partial charge on any atom is -0.364 e. The molecule has 0 unspecified atom stereocenters. The Bertz CT molecular complexity index is 468. The van der Waals surface area contributed by atoms with Crippen LogP contribution in [0.2, 0.25) is 0 Å². The van der Waals surface area contributed by atoms with E-state index in [-0.39, 0.29) is 5.91 Å². The van der Waals surface area contributed by atoms with E-state index in [1.807, 2.05) is 18.2 Å². The van der Waals surface area contributed by atoms with Gasteiger partial charge < -0.3 is 9.84 Å². The van der Waals surface area contributed by atoms with E-state index in [0.29, 0.717) is 11.3 Å². The number of amides is 1. The van der Waals surface area contributed by atoms with E-state index in [9.17, 15) is 4.79 Å². The fourth-order valence-electron chi connectivity index (χ4n) is 1.07. The standard InChI is InChI=1S/C10H7BrN2O2/c11-8-3-1-2-4-9(8)13-10(14)7-5-12-15-6-7/h1-6H,(H,13,14). The number of halogens is 1. The molecule has 2 rings (SSSR count). The van der Waals surface area contributed by atoms with Crippen molar-refractivity contribution in [2.24, 2.45) is 0 Å². The van der Waals surface area contributed by atoms with Crippen LogP contribution < -0.4 is 5.32 Å². The van der Waals surface area contributed by atoms with Crippen LogP contribution in [0.3, 0.4) is 0 Å². The Morgan fingerprint density at radius 3 is 2.87 bits per heavy atom. The largest absolute Gasteiger partial charge is 0.364 e. The molecule has 0 atom stereocenters. The van der Waals surface area contributed by atoms with Crippen LogP contribution in [-0.2, 0) is 0 Å². The second kappa shape index (κ2) is 4.27. The Balaban J connectivity index is 2.17. The summed E-state index contributed by atoms with van der Waals surface area (Å²) in [5.41, 5.74) is 1.11. The van der Waals surface area contributed by atoms with Gasteiger partial charge in [0.15, 0.2) is 0 Å². The summed E-state index contributed by atoms with van der Waals surface area (Å²) in [6, 6.07) is 7.37. The first-order chi connectivity index (χ1) is 7.27. The van der Waals surface area contributed by atoms with Crippen molar-refractivity contribution in [3.63, 3.8) is 0 Å². The Labute approximate surface area is 94.4 Å². The van der Waals surface area contributed by atoms with Crippen LogP contribution in [0.1, 0.15) is 10.4 Å². The number of rotatable bonds is 2. The Morgan fingerprint density at radius 1 is 1.40 bits per heavy atom. The van der Waals surface area contributed by atoms with Gasteiger partial charge in [0.2, 0.25) is 0 Å². The van der Waals surface area contributed by atoms with Crippen LogP contribution in [0, 0.1) is 0 Å². The maximum absolute atomic E-state index is 11.6. The molecule has 2 aromatic rings. The van der Waals surface area contributed by atoms with Crippen molar-refractivity contribution >= 4 is 27.5 Å². The van der Waals surface area contributed by atoms with Crippen molar-refractivity contribution in [1.29, 1.82) is 0 Å². The first kappa shape index (κ1) is 9.92. The van der Waals surface area contributed by atoms with Crippen LogP contribution in [0.15, 0.2) is 45.7 Å². The molecule has 1 N–H and O–H groups in total. The smallest absolute Gasteiger partial charge is 0.260 e. The van der Waals surface area contributed by atoms with Gasteiger partial charge in [0.25, 0.3) is 5.91 Å². The van der Waals surface area contributed by atoms with Crippen LogP contribution in [0.25, 0.3) is 0 Å². The number of anilines is 1. The summed E-state index contributed by atoms with van der Waals surface area (Å²) in [5.74, 6) is -0.247. The van der Waals surface area contributed by atoms with Gasteiger partial charge in [-0.05, 0) is 28.1 Å².